The van der Waals surface area contributed by atoms with Gasteiger partial charge in [0, 0.05) is 13.1 Å². The molecule has 0 aromatic heterocycles. The van der Waals surface area contributed by atoms with Crippen molar-refractivity contribution in [2.24, 2.45) is 0 Å². The fraction of sp³-hybridized carbons (Fsp3) is 0.889. The number of likely N-dealkylation sites (N-methyl/N-ethyl adjacent to an activating group) is 1. The molecule has 1 unspecified atom stereocenters. The first-order chi connectivity index (χ1) is 6.17. The van der Waals surface area contributed by atoms with Crippen LogP contribution in [0.25, 0.3) is 0 Å². The Morgan fingerprint density at radius 1 is 1.54 bits per heavy atom. The minimum absolute atomic E-state index is 0.0299. The first-order valence-corrected chi connectivity index (χ1v) is 4.74. The molecule has 4 nitrogen and oxygen atoms in total. The molecule has 0 aliphatic rings. The lowest BCUT2D eigenvalue weighted by Crippen LogP contribution is -2.45. The number of aliphatic hydroxyl groups excluding tert-OH is 1. The van der Waals surface area contributed by atoms with Crippen molar-refractivity contribution >= 4 is 5.91 Å². The predicted octanol–water partition coefficient (Wildman–Crippen LogP) is -0.175. The van der Waals surface area contributed by atoms with Gasteiger partial charge >= 0.3 is 0 Å². The van der Waals surface area contributed by atoms with Gasteiger partial charge in [-0.1, -0.05) is 6.92 Å². The van der Waals surface area contributed by atoms with Crippen molar-refractivity contribution in [3.05, 3.63) is 0 Å². The summed E-state index contributed by atoms with van der Waals surface area (Å²) in [6.07, 6.45) is 0.919. The van der Waals surface area contributed by atoms with Crippen molar-refractivity contribution in [3.63, 3.8) is 0 Å². The van der Waals surface area contributed by atoms with Gasteiger partial charge in [0.2, 0.25) is 5.91 Å². The molecule has 2 N–H and O–H groups in total. The van der Waals surface area contributed by atoms with E-state index in [0.717, 1.165) is 6.42 Å². The Hall–Kier alpha value is -0.610. The molecule has 0 radical (unpaired) electrons. The second kappa shape index (κ2) is 6.86. The van der Waals surface area contributed by atoms with E-state index < -0.39 is 0 Å². The maximum absolute atomic E-state index is 11.6. The Morgan fingerprint density at radius 3 is 2.54 bits per heavy atom. The van der Waals surface area contributed by atoms with Crippen LogP contribution in [0.15, 0.2) is 0 Å². The summed E-state index contributed by atoms with van der Waals surface area (Å²) in [6.45, 7) is 5.01. The molecule has 0 saturated heterocycles. The third-order valence-corrected chi connectivity index (χ3v) is 1.98. The lowest BCUT2D eigenvalue weighted by molar-refractivity contribution is -0.133. The summed E-state index contributed by atoms with van der Waals surface area (Å²) in [4.78, 5) is 13.3. The number of carbonyl (C=O) groups is 1. The van der Waals surface area contributed by atoms with Crippen LogP contribution in [0.1, 0.15) is 20.3 Å². The average Bonchev–Trinajstić information content (AvgIpc) is 2.15. The largest absolute Gasteiger partial charge is 0.395 e. The first-order valence-electron chi connectivity index (χ1n) is 4.74. The molecule has 0 aromatic rings. The number of aliphatic hydroxyl groups is 1. The zero-order valence-electron chi connectivity index (χ0n) is 8.71. The number of nitrogens with zero attached hydrogens (tertiary/aromatic N) is 1. The highest BCUT2D eigenvalue weighted by molar-refractivity contribution is 5.81. The van der Waals surface area contributed by atoms with Crippen LogP contribution in [0.5, 0.6) is 0 Å². The van der Waals surface area contributed by atoms with Gasteiger partial charge in [-0.15, -0.1) is 0 Å². The van der Waals surface area contributed by atoms with Crippen LogP contribution < -0.4 is 5.32 Å². The van der Waals surface area contributed by atoms with E-state index in [-0.39, 0.29) is 18.6 Å². The van der Waals surface area contributed by atoms with Crippen molar-refractivity contribution in [1.82, 2.24) is 10.2 Å². The molecule has 0 aliphatic carbocycles. The van der Waals surface area contributed by atoms with Gasteiger partial charge in [-0.25, -0.2) is 0 Å². The summed E-state index contributed by atoms with van der Waals surface area (Å²) in [7, 11) is 1.76. The Morgan fingerprint density at radius 2 is 2.15 bits per heavy atom. The molecule has 1 amide bonds. The maximum atomic E-state index is 11.6. The summed E-state index contributed by atoms with van der Waals surface area (Å²) in [5.74, 6) is 0.0541. The molecule has 13 heavy (non-hydrogen) atoms. The van der Waals surface area contributed by atoms with Crippen molar-refractivity contribution < 1.29 is 9.90 Å². The van der Waals surface area contributed by atoms with Gasteiger partial charge in [0.05, 0.1) is 12.6 Å². The molecule has 4 heteroatoms. The summed E-state index contributed by atoms with van der Waals surface area (Å²) in [5.41, 5.74) is 0. The van der Waals surface area contributed by atoms with Gasteiger partial charge in [-0.05, 0) is 20.4 Å². The molecule has 0 spiro atoms. The normalized spacial score (nSPS) is 12.6. The van der Waals surface area contributed by atoms with Gasteiger partial charge in [-0.3, -0.25) is 4.79 Å². The number of amides is 1. The monoisotopic (exact) mass is 188 g/mol. The first kappa shape index (κ1) is 12.4. The molecule has 0 aromatic carbocycles. The van der Waals surface area contributed by atoms with E-state index in [2.05, 4.69) is 5.32 Å². The van der Waals surface area contributed by atoms with Crippen LogP contribution in [-0.2, 0) is 4.79 Å². The topological polar surface area (TPSA) is 52.6 Å². The SMILES string of the molecule is CCCN(CCO)C(=O)C(C)NC. The highest BCUT2D eigenvalue weighted by atomic mass is 16.3. The van der Waals surface area contributed by atoms with Crippen LogP contribution >= 0.6 is 0 Å². The van der Waals surface area contributed by atoms with Crippen molar-refractivity contribution in [1.29, 1.82) is 0 Å². The van der Waals surface area contributed by atoms with E-state index in [1.165, 1.54) is 0 Å². The molecular weight excluding hydrogens is 168 g/mol. The molecule has 0 rings (SSSR count). The summed E-state index contributed by atoms with van der Waals surface area (Å²) in [6, 6.07) is -0.168. The summed E-state index contributed by atoms with van der Waals surface area (Å²) in [5, 5.41) is 11.6. The van der Waals surface area contributed by atoms with E-state index in [1.54, 1.807) is 11.9 Å². The molecule has 0 bridgehead atoms. The van der Waals surface area contributed by atoms with Crippen molar-refractivity contribution in [3.8, 4) is 0 Å². The highest BCUT2D eigenvalue weighted by Gasteiger charge is 2.17. The third-order valence-electron chi connectivity index (χ3n) is 1.98. The number of rotatable bonds is 6. The molecule has 0 aliphatic heterocycles. The third kappa shape index (κ3) is 4.24. The quantitative estimate of drug-likeness (QED) is 0.608. The van der Waals surface area contributed by atoms with Crippen molar-refractivity contribution in [2.75, 3.05) is 26.7 Å². The molecule has 0 heterocycles. The van der Waals surface area contributed by atoms with E-state index >= 15 is 0 Å². The molecule has 78 valence electrons. The van der Waals surface area contributed by atoms with E-state index in [1.807, 2.05) is 13.8 Å². The Balaban J connectivity index is 4.09. The smallest absolute Gasteiger partial charge is 0.239 e. The summed E-state index contributed by atoms with van der Waals surface area (Å²) >= 11 is 0. The van der Waals surface area contributed by atoms with Gasteiger partial charge in [0.1, 0.15) is 0 Å². The molecule has 0 fully saturated rings. The van der Waals surface area contributed by atoms with Crippen LogP contribution in [-0.4, -0.2) is 48.7 Å². The van der Waals surface area contributed by atoms with E-state index in [4.69, 9.17) is 5.11 Å². The predicted molar refractivity (Wildman–Crippen MR) is 52.5 cm³/mol. The van der Waals surface area contributed by atoms with Gasteiger partial charge < -0.3 is 15.3 Å². The fourth-order valence-corrected chi connectivity index (χ4v) is 1.12. The second-order valence-corrected chi connectivity index (χ2v) is 3.06. The highest BCUT2D eigenvalue weighted by Crippen LogP contribution is 1.96. The number of carbonyl (C=O) groups excluding carboxylic acids is 1. The van der Waals surface area contributed by atoms with Crippen LogP contribution in [0, 0.1) is 0 Å². The number of nitrogens with one attached hydrogen (secondary N) is 1. The maximum Gasteiger partial charge on any atom is 0.239 e. The standard InChI is InChI=1S/C9H20N2O2/c1-4-5-11(6-7-12)9(13)8(2)10-3/h8,10,12H,4-7H2,1-3H3. The zero-order chi connectivity index (χ0) is 10.3. The second-order valence-electron chi connectivity index (χ2n) is 3.06. The van der Waals surface area contributed by atoms with E-state index in [0.29, 0.717) is 13.1 Å². The van der Waals surface area contributed by atoms with Crippen LogP contribution in [0.3, 0.4) is 0 Å². The minimum Gasteiger partial charge on any atom is -0.395 e. The fourth-order valence-electron chi connectivity index (χ4n) is 1.12. The Kier molecular flexibility index (Phi) is 6.54. The number of hydrogen-bond acceptors (Lipinski definition) is 3. The lowest BCUT2D eigenvalue weighted by Gasteiger charge is -2.24. The van der Waals surface area contributed by atoms with Crippen molar-refractivity contribution in [2.45, 2.75) is 26.3 Å². The average molecular weight is 188 g/mol. The lowest BCUT2D eigenvalue weighted by atomic mass is 10.2. The molecule has 0 saturated carbocycles. The van der Waals surface area contributed by atoms with Gasteiger partial charge in [0.25, 0.3) is 0 Å². The molecule has 1 atom stereocenters. The van der Waals surface area contributed by atoms with Gasteiger partial charge in [0.15, 0.2) is 0 Å². The minimum atomic E-state index is -0.168. The number of hydrogen-bond donors (Lipinski definition) is 2. The Bertz CT molecular complexity index is 145. The van der Waals surface area contributed by atoms with E-state index in [9.17, 15) is 4.79 Å². The van der Waals surface area contributed by atoms with Crippen LogP contribution in [0.4, 0.5) is 0 Å². The van der Waals surface area contributed by atoms with Gasteiger partial charge in [-0.2, -0.15) is 0 Å². The molecular formula is C9H20N2O2. The Labute approximate surface area is 79.9 Å². The zero-order valence-corrected chi connectivity index (χ0v) is 8.71. The van der Waals surface area contributed by atoms with Crippen LogP contribution in [0.2, 0.25) is 0 Å². The summed E-state index contributed by atoms with van der Waals surface area (Å²) < 4.78 is 0.